The van der Waals surface area contributed by atoms with E-state index in [2.05, 4.69) is 10.6 Å². The molecule has 4 rings (SSSR count). The highest BCUT2D eigenvalue weighted by Crippen LogP contribution is 2.31. The first kappa shape index (κ1) is 24.0. The average Bonchev–Trinajstić information content (AvgIpc) is 3.12. The summed E-state index contributed by atoms with van der Waals surface area (Å²) in [6, 6.07) is 21.2. The number of anilines is 1. The Kier molecular flexibility index (Phi) is 6.85. The largest absolute Gasteiger partial charge is 0.339 e. The number of nitrogens with zero attached hydrogens (tertiary/aromatic N) is 2. The van der Waals surface area contributed by atoms with Crippen LogP contribution >= 0.6 is 0 Å². The standard InChI is InChI=1S/C26H23FN4O3S/c1-18-25(22-7-3-5-9-24(22)31(18)17-19-10-12-21(27)13-11-19)35(33,34)15-14-29-26(32)30-23-8-4-2-6-20(23)16-28/h2-13H,14-15,17H2,1H3,(H2,29,30,32). The zero-order valence-electron chi connectivity index (χ0n) is 19.0. The summed E-state index contributed by atoms with van der Waals surface area (Å²) in [7, 11) is -3.75. The maximum absolute atomic E-state index is 13.3. The molecular weight excluding hydrogens is 467 g/mol. The third kappa shape index (κ3) is 5.18. The molecule has 3 aromatic carbocycles. The number of amides is 2. The number of fused-ring (bicyclic) bond motifs is 1. The maximum Gasteiger partial charge on any atom is 0.319 e. The number of hydrogen-bond donors (Lipinski definition) is 2. The molecule has 35 heavy (non-hydrogen) atoms. The zero-order valence-corrected chi connectivity index (χ0v) is 19.8. The van der Waals surface area contributed by atoms with E-state index in [-0.39, 0.29) is 23.0 Å². The van der Waals surface area contributed by atoms with Gasteiger partial charge in [-0.1, -0.05) is 42.5 Å². The molecule has 0 aliphatic carbocycles. The number of hydrogen-bond acceptors (Lipinski definition) is 4. The second kappa shape index (κ2) is 9.99. The van der Waals surface area contributed by atoms with Crippen molar-refractivity contribution in [3.05, 3.63) is 95.4 Å². The molecule has 0 spiro atoms. The lowest BCUT2D eigenvalue weighted by Crippen LogP contribution is -2.33. The number of nitriles is 1. The quantitative estimate of drug-likeness (QED) is 0.395. The second-order valence-corrected chi connectivity index (χ2v) is 10.0. The Labute approximate surface area is 202 Å². The summed E-state index contributed by atoms with van der Waals surface area (Å²) in [4.78, 5) is 12.5. The summed E-state index contributed by atoms with van der Waals surface area (Å²) >= 11 is 0. The molecule has 0 saturated heterocycles. The maximum atomic E-state index is 13.3. The van der Waals surface area contributed by atoms with Gasteiger partial charge in [-0.15, -0.1) is 0 Å². The fourth-order valence-corrected chi connectivity index (χ4v) is 5.67. The van der Waals surface area contributed by atoms with Crippen LogP contribution < -0.4 is 10.6 Å². The van der Waals surface area contributed by atoms with Gasteiger partial charge in [-0.25, -0.2) is 17.6 Å². The summed E-state index contributed by atoms with van der Waals surface area (Å²) in [5, 5.41) is 14.8. The van der Waals surface area contributed by atoms with E-state index in [1.807, 2.05) is 22.8 Å². The number of para-hydroxylation sites is 2. The summed E-state index contributed by atoms with van der Waals surface area (Å²) in [6.45, 7) is 2.02. The summed E-state index contributed by atoms with van der Waals surface area (Å²) < 4.78 is 41.9. The van der Waals surface area contributed by atoms with Crippen molar-refractivity contribution in [2.24, 2.45) is 0 Å². The molecule has 7 nitrogen and oxygen atoms in total. The molecule has 2 amide bonds. The monoisotopic (exact) mass is 490 g/mol. The molecule has 0 saturated carbocycles. The van der Waals surface area contributed by atoms with Crippen molar-refractivity contribution < 1.29 is 17.6 Å². The number of halogens is 1. The minimum absolute atomic E-state index is 0.111. The highest BCUT2D eigenvalue weighted by molar-refractivity contribution is 7.91. The van der Waals surface area contributed by atoms with E-state index < -0.39 is 15.9 Å². The summed E-state index contributed by atoms with van der Waals surface area (Å²) in [5.74, 6) is -0.634. The van der Waals surface area contributed by atoms with Crippen molar-refractivity contribution >= 4 is 32.5 Å². The first-order chi connectivity index (χ1) is 16.8. The summed E-state index contributed by atoms with van der Waals surface area (Å²) in [6.07, 6.45) is 0. The SMILES string of the molecule is Cc1c(S(=O)(=O)CCNC(=O)Nc2ccccc2C#N)c2ccccc2n1Cc1ccc(F)cc1. The number of sulfone groups is 1. The predicted octanol–water partition coefficient (Wildman–Crippen LogP) is 4.60. The van der Waals surface area contributed by atoms with E-state index in [1.54, 1.807) is 55.5 Å². The Balaban J connectivity index is 1.53. The number of nitrogens with one attached hydrogen (secondary N) is 2. The Morgan fingerprint density at radius 3 is 2.46 bits per heavy atom. The fraction of sp³-hybridized carbons (Fsp3) is 0.154. The number of aromatic nitrogens is 1. The Bertz CT molecular complexity index is 1540. The molecule has 0 bridgehead atoms. The molecule has 0 radical (unpaired) electrons. The number of carbonyl (C=O) groups excluding carboxylic acids is 1. The molecule has 9 heteroatoms. The third-order valence-electron chi connectivity index (χ3n) is 5.69. The van der Waals surface area contributed by atoms with E-state index in [0.29, 0.717) is 28.9 Å². The Morgan fingerprint density at radius 1 is 1.03 bits per heavy atom. The van der Waals surface area contributed by atoms with Gasteiger partial charge < -0.3 is 15.2 Å². The fourth-order valence-electron chi connectivity index (χ4n) is 4.02. The molecule has 1 heterocycles. The first-order valence-corrected chi connectivity index (χ1v) is 12.5. The van der Waals surface area contributed by atoms with Gasteiger partial charge in [-0.3, -0.25) is 0 Å². The van der Waals surface area contributed by atoms with E-state index in [4.69, 9.17) is 5.26 Å². The zero-order chi connectivity index (χ0) is 25.0. The van der Waals surface area contributed by atoms with Gasteiger partial charge in [0.2, 0.25) is 0 Å². The Hall–Kier alpha value is -4.16. The number of benzene rings is 3. The van der Waals surface area contributed by atoms with Crippen LogP contribution in [0.1, 0.15) is 16.8 Å². The highest BCUT2D eigenvalue weighted by atomic mass is 32.2. The summed E-state index contributed by atoms with van der Waals surface area (Å²) in [5.41, 5.74) is 2.82. The number of urea groups is 1. The molecule has 0 fully saturated rings. The lowest BCUT2D eigenvalue weighted by molar-refractivity contribution is 0.252. The normalized spacial score (nSPS) is 11.2. The van der Waals surface area contributed by atoms with E-state index in [9.17, 15) is 17.6 Å². The van der Waals surface area contributed by atoms with Crippen LogP contribution in [0, 0.1) is 24.1 Å². The van der Waals surface area contributed by atoms with Gasteiger partial charge in [0.25, 0.3) is 0 Å². The smallest absolute Gasteiger partial charge is 0.319 e. The number of carbonyl (C=O) groups is 1. The van der Waals surface area contributed by atoms with Crippen molar-refractivity contribution in [3.8, 4) is 6.07 Å². The minimum atomic E-state index is -3.75. The molecule has 2 N–H and O–H groups in total. The van der Waals surface area contributed by atoms with Crippen molar-refractivity contribution in [1.29, 1.82) is 5.26 Å². The third-order valence-corrected chi connectivity index (χ3v) is 7.57. The molecule has 0 aliphatic rings. The Morgan fingerprint density at radius 2 is 1.71 bits per heavy atom. The molecule has 0 atom stereocenters. The van der Waals surface area contributed by atoms with Gasteiger partial charge >= 0.3 is 6.03 Å². The van der Waals surface area contributed by atoms with Gasteiger partial charge in [-0.05, 0) is 42.8 Å². The van der Waals surface area contributed by atoms with Crippen LogP contribution in [-0.4, -0.2) is 31.3 Å². The molecule has 178 valence electrons. The minimum Gasteiger partial charge on any atom is -0.339 e. The van der Waals surface area contributed by atoms with Gasteiger partial charge in [0.05, 0.1) is 21.9 Å². The van der Waals surface area contributed by atoms with Crippen LogP contribution in [0.4, 0.5) is 14.9 Å². The van der Waals surface area contributed by atoms with Crippen molar-refractivity contribution in [2.75, 3.05) is 17.6 Å². The van der Waals surface area contributed by atoms with Crippen molar-refractivity contribution in [3.63, 3.8) is 0 Å². The highest BCUT2D eigenvalue weighted by Gasteiger charge is 2.25. The van der Waals surface area contributed by atoms with Crippen LogP contribution in [0.15, 0.2) is 77.7 Å². The van der Waals surface area contributed by atoms with Crippen LogP contribution in [0.25, 0.3) is 10.9 Å². The first-order valence-electron chi connectivity index (χ1n) is 10.9. The van der Waals surface area contributed by atoms with Gasteiger partial charge in [-0.2, -0.15) is 5.26 Å². The molecule has 4 aromatic rings. The van der Waals surface area contributed by atoms with Crippen LogP contribution in [-0.2, 0) is 16.4 Å². The van der Waals surface area contributed by atoms with Crippen LogP contribution in [0.2, 0.25) is 0 Å². The van der Waals surface area contributed by atoms with Crippen LogP contribution in [0.3, 0.4) is 0 Å². The molecule has 1 aromatic heterocycles. The molecular formula is C26H23FN4O3S. The van der Waals surface area contributed by atoms with Crippen molar-refractivity contribution in [2.45, 2.75) is 18.4 Å². The van der Waals surface area contributed by atoms with E-state index >= 15 is 0 Å². The van der Waals surface area contributed by atoms with E-state index in [1.165, 1.54) is 12.1 Å². The predicted molar refractivity (Wildman–Crippen MR) is 132 cm³/mol. The van der Waals surface area contributed by atoms with Crippen LogP contribution in [0.5, 0.6) is 0 Å². The van der Waals surface area contributed by atoms with Gasteiger partial charge in [0.1, 0.15) is 11.9 Å². The van der Waals surface area contributed by atoms with Crippen molar-refractivity contribution in [1.82, 2.24) is 9.88 Å². The number of rotatable bonds is 7. The average molecular weight is 491 g/mol. The molecule has 0 unspecified atom stereocenters. The van der Waals surface area contributed by atoms with E-state index in [0.717, 1.165) is 11.1 Å². The van der Waals surface area contributed by atoms with Gasteiger partial charge in [0, 0.05) is 29.7 Å². The second-order valence-electron chi connectivity index (χ2n) is 8.00. The molecule has 0 aliphatic heterocycles. The topological polar surface area (TPSA) is 104 Å². The lowest BCUT2D eigenvalue weighted by atomic mass is 10.2. The lowest BCUT2D eigenvalue weighted by Gasteiger charge is -2.11. The van der Waals surface area contributed by atoms with Gasteiger partial charge in [0.15, 0.2) is 9.84 Å².